The summed E-state index contributed by atoms with van der Waals surface area (Å²) in [6.07, 6.45) is 1.76. The van der Waals surface area contributed by atoms with Crippen LogP contribution in [0.1, 0.15) is 18.4 Å². The Morgan fingerprint density at radius 2 is 2.11 bits per heavy atom. The van der Waals surface area contributed by atoms with Crippen LogP contribution in [0.3, 0.4) is 0 Å². The number of hydrogen-bond acceptors (Lipinski definition) is 2. The van der Waals surface area contributed by atoms with Gasteiger partial charge in [0.25, 0.3) is 0 Å². The normalized spacial score (nSPS) is 23.8. The molecule has 0 radical (unpaired) electrons. The van der Waals surface area contributed by atoms with Crippen LogP contribution in [-0.2, 0) is 4.79 Å². The molecule has 0 saturated heterocycles. The molecule has 4 heteroatoms. The van der Waals surface area contributed by atoms with E-state index in [9.17, 15) is 4.79 Å². The Balaban J connectivity index is 1.85. The first kappa shape index (κ1) is 12.2. The Morgan fingerprint density at radius 1 is 1.28 bits per heavy atom. The Kier molecular flexibility index (Phi) is 3.69. The van der Waals surface area contributed by atoms with Gasteiger partial charge in [0.2, 0.25) is 0 Å². The molecule has 0 fully saturated rings. The zero-order chi connectivity index (χ0) is 12.4. The van der Waals surface area contributed by atoms with Crippen molar-refractivity contribution in [2.75, 3.05) is 5.75 Å². The van der Waals surface area contributed by atoms with Crippen molar-refractivity contribution in [1.82, 2.24) is 0 Å². The van der Waals surface area contributed by atoms with Crippen LogP contribution in [-0.4, -0.2) is 31.2 Å². The molecule has 1 amide bonds. The summed E-state index contributed by atoms with van der Waals surface area (Å²) in [5.74, 6) is 1.22. The Labute approximate surface area is 117 Å². The zero-order valence-electron chi connectivity index (χ0n) is 9.83. The van der Waals surface area contributed by atoms with E-state index in [1.165, 1.54) is 11.3 Å². The number of carbonyl (C=O) groups excluding carboxylic acids is 1. The zero-order valence-corrected chi connectivity index (χ0v) is 12.4. The van der Waals surface area contributed by atoms with Crippen LogP contribution >= 0.6 is 11.8 Å². The van der Waals surface area contributed by atoms with Gasteiger partial charge in [-0.05, 0) is 0 Å². The second-order valence-corrected chi connectivity index (χ2v) is 7.78. The van der Waals surface area contributed by atoms with E-state index < -0.39 is 0 Å². The molecule has 0 saturated carbocycles. The van der Waals surface area contributed by atoms with Crippen LogP contribution in [0, 0.1) is 0 Å². The number of thioether (sulfide) groups is 1. The molecular weight excluding hydrogens is 309 g/mol. The summed E-state index contributed by atoms with van der Waals surface area (Å²) in [6.45, 7) is 0. The monoisotopic (exact) mass is 323 g/mol. The summed E-state index contributed by atoms with van der Waals surface area (Å²) < 4.78 is 1.02. The second-order valence-electron chi connectivity index (χ2n) is 4.30. The van der Waals surface area contributed by atoms with Crippen LogP contribution in [0.5, 0.6) is 0 Å². The van der Waals surface area contributed by atoms with E-state index in [0.29, 0.717) is 11.2 Å². The van der Waals surface area contributed by atoms with Crippen molar-refractivity contribution < 1.29 is 4.79 Å². The van der Waals surface area contributed by atoms with Gasteiger partial charge in [0, 0.05) is 0 Å². The number of aliphatic imine (C=N–C) groups is 1. The predicted molar refractivity (Wildman–Crippen MR) is 77.3 cm³/mol. The van der Waals surface area contributed by atoms with Gasteiger partial charge in [0.15, 0.2) is 0 Å². The van der Waals surface area contributed by atoms with Gasteiger partial charge in [-0.3, -0.25) is 0 Å². The second kappa shape index (κ2) is 5.43. The number of benzene rings is 1. The number of carbonyl (C=O) groups is 1. The number of hydrogen-bond donors (Lipinski definition) is 0. The minimum atomic E-state index is 0.0461. The molecule has 0 bridgehead atoms. The summed E-state index contributed by atoms with van der Waals surface area (Å²) in [7, 11) is 0. The van der Waals surface area contributed by atoms with Crippen LogP contribution in [0.2, 0.25) is 4.82 Å². The molecule has 1 aromatic carbocycles. The molecule has 0 spiro atoms. The van der Waals surface area contributed by atoms with E-state index >= 15 is 0 Å². The first-order chi connectivity index (χ1) is 8.83. The van der Waals surface area contributed by atoms with Gasteiger partial charge in [0.1, 0.15) is 0 Å². The van der Waals surface area contributed by atoms with Crippen molar-refractivity contribution in [3.8, 4) is 0 Å². The van der Waals surface area contributed by atoms with E-state index in [0.717, 1.165) is 16.6 Å². The molecule has 2 aliphatic heterocycles. The van der Waals surface area contributed by atoms with Crippen molar-refractivity contribution in [3.63, 3.8) is 0 Å². The van der Waals surface area contributed by atoms with E-state index in [1.54, 1.807) is 0 Å². The SMILES string of the molecule is O=C1C[C@H](C2=CSCC2)[Se]C(c2ccccc2)=N1. The molecule has 2 aliphatic rings. The number of allylic oxidation sites excluding steroid dienone is 1. The minimum absolute atomic E-state index is 0.0461. The van der Waals surface area contributed by atoms with Crippen molar-refractivity contribution in [2.45, 2.75) is 17.7 Å². The van der Waals surface area contributed by atoms with Crippen LogP contribution in [0.4, 0.5) is 0 Å². The predicted octanol–water partition coefficient (Wildman–Crippen LogP) is 2.88. The Hall–Kier alpha value is -0.831. The Bertz CT molecular complexity index is 524. The van der Waals surface area contributed by atoms with E-state index in [2.05, 4.69) is 10.4 Å². The van der Waals surface area contributed by atoms with Gasteiger partial charge < -0.3 is 0 Å². The van der Waals surface area contributed by atoms with Gasteiger partial charge in [-0.2, -0.15) is 0 Å². The topological polar surface area (TPSA) is 29.4 Å². The third kappa shape index (κ3) is 2.61. The van der Waals surface area contributed by atoms with E-state index in [4.69, 9.17) is 0 Å². The number of rotatable bonds is 2. The molecule has 0 N–H and O–H groups in total. The summed E-state index contributed by atoms with van der Waals surface area (Å²) in [5, 5.41) is 2.26. The van der Waals surface area contributed by atoms with Gasteiger partial charge in [-0.15, -0.1) is 0 Å². The quantitative estimate of drug-likeness (QED) is 0.784. The third-order valence-corrected chi connectivity index (χ3v) is 6.66. The van der Waals surface area contributed by atoms with Crippen molar-refractivity contribution >= 4 is 37.2 Å². The maximum absolute atomic E-state index is 11.8. The fraction of sp³-hybridized carbons (Fsp3) is 0.286. The molecule has 1 atom stereocenters. The first-order valence-electron chi connectivity index (χ1n) is 5.97. The fourth-order valence-electron chi connectivity index (χ4n) is 2.08. The average molecular weight is 322 g/mol. The van der Waals surface area contributed by atoms with Gasteiger partial charge in [-0.1, -0.05) is 0 Å². The molecule has 3 rings (SSSR count). The molecule has 0 aromatic heterocycles. The van der Waals surface area contributed by atoms with Crippen molar-refractivity contribution in [3.05, 3.63) is 46.9 Å². The van der Waals surface area contributed by atoms with Crippen LogP contribution in [0.25, 0.3) is 0 Å². The standard InChI is InChI=1S/C14H13NOSSe/c16-13-8-12(11-6-7-17-9-11)18-14(15-13)10-4-2-1-3-5-10/h1-5,9,12H,6-8H2/t12-/m1/s1. The van der Waals surface area contributed by atoms with Crippen molar-refractivity contribution in [2.24, 2.45) is 4.99 Å². The molecular formula is C14H13NOSSe. The van der Waals surface area contributed by atoms with Crippen LogP contribution in [0.15, 0.2) is 46.3 Å². The third-order valence-electron chi connectivity index (χ3n) is 3.02. The first-order valence-corrected chi connectivity index (χ1v) is 8.86. The molecule has 0 aliphatic carbocycles. The molecule has 92 valence electrons. The van der Waals surface area contributed by atoms with Crippen molar-refractivity contribution in [1.29, 1.82) is 0 Å². The fourth-order valence-corrected chi connectivity index (χ4v) is 5.88. The van der Waals surface area contributed by atoms with Crippen LogP contribution < -0.4 is 0 Å². The molecule has 2 nitrogen and oxygen atoms in total. The van der Waals surface area contributed by atoms with Gasteiger partial charge >= 0.3 is 117 Å². The average Bonchev–Trinajstić information content (AvgIpc) is 2.93. The summed E-state index contributed by atoms with van der Waals surface area (Å²) in [4.78, 5) is 16.5. The molecule has 2 heterocycles. The number of nitrogens with zero attached hydrogens (tertiary/aromatic N) is 1. The summed E-state index contributed by atoms with van der Waals surface area (Å²) >= 11 is 2.15. The maximum atomic E-state index is 11.8. The summed E-state index contributed by atoms with van der Waals surface area (Å²) in [6, 6.07) is 10.1. The van der Waals surface area contributed by atoms with Gasteiger partial charge in [-0.25, -0.2) is 0 Å². The van der Waals surface area contributed by atoms with E-state index in [1.807, 2.05) is 42.1 Å². The molecule has 1 aromatic rings. The summed E-state index contributed by atoms with van der Waals surface area (Å²) in [5.41, 5.74) is 2.58. The molecule has 0 unspecified atom stereocenters. The molecule has 18 heavy (non-hydrogen) atoms. The van der Waals surface area contributed by atoms with E-state index in [-0.39, 0.29) is 20.9 Å². The number of amides is 1. The van der Waals surface area contributed by atoms with Gasteiger partial charge in [0.05, 0.1) is 0 Å². The Morgan fingerprint density at radius 3 is 2.83 bits per heavy atom.